The predicted molar refractivity (Wildman–Crippen MR) is 65.4 cm³/mol. The van der Waals surface area contributed by atoms with E-state index in [1.54, 1.807) is 13.8 Å². The normalized spacial score (nSPS) is 12.1. The van der Waals surface area contributed by atoms with Crippen molar-refractivity contribution in [3.8, 4) is 0 Å². The molecule has 3 nitrogen and oxygen atoms in total. The highest BCUT2D eigenvalue weighted by Crippen LogP contribution is 2.20. The Morgan fingerprint density at radius 2 is 2.00 bits per heavy atom. The number of esters is 1. The molecule has 0 heterocycles. The van der Waals surface area contributed by atoms with Crippen LogP contribution in [0.25, 0.3) is 0 Å². The van der Waals surface area contributed by atoms with Gasteiger partial charge in [0.25, 0.3) is 0 Å². The van der Waals surface area contributed by atoms with Gasteiger partial charge in [-0.2, -0.15) is 0 Å². The summed E-state index contributed by atoms with van der Waals surface area (Å²) < 4.78 is 31.8. The van der Waals surface area contributed by atoms with E-state index in [0.717, 1.165) is 12.1 Å². The molecule has 0 aliphatic carbocycles. The van der Waals surface area contributed by atoms with Crippen molar-refractivity contribution >= 4 is 11.7 Å². The largest absolute Gasteiger partial charge is 0.464 e. The van der Waals surface area contributed by atoms with Gasteiger partial charge in [0.2, 0.25) is 0 Å². The fourth-order valence-electron chi connectivity index (χ4n) is 1.52. The van der Waals surface area contributed by atoms with Gasteiger partial charge in [0.15, 0.2) is 0 Å². The number of nitrogens with one attached hydrogen (secondary N) is 1. The molecule has 1 unspecified atom stereocenters. The average Bonchev–Trinajstić information content (AvgIpc) is 2.32. The maximum absolute atomic E-state index is 13.6. The summed E-state index contributed by atoms with van der Waals surface area (Å²) in [6.45, 7) is 5.18. The maximum Gasteiger partial charge on any atom is 0.328 e. The van der Waals surface area contributed by atoms with Crippen LogP contribution in [0.2, 0.25) is 0 Å². The molecule has 0 radical (unpaired) electrons. The summed E-state index contributed by atoms with van der Waals surface area (Å²) in [6, 6.07) is 1.46. The van der Waals surface area contributed by atoms with Crippen LogP contribution in [-0.4, -0.2) is 18.6 Å². The quantitative estimate of drug-likeness (QED) is 0.824. The maximum atomic E-state index is 13.6. The molecule has 0 fully saturated rings. The number of ether oxygens (including phenoxy) is 1. The third-order valence-corrected chi connectivity index (χ3v) is 2.56. The number of aryl methyl sites for hydroxylation is 1. The highest BCUT2D eigenvalue weighted by Gasteiger charge is 2.19. The number of hydrogen-bond donors (Lipinski definition) is 1. The van der Waals surface area contributed by atoms with Crippen LogP contribution in [0, 0.1) is 18.6 Å². The molecule has 0 amide bonds. The van der Waals surface area contributed by atoms with E-state index in [-0.39, 0.29) is 17.9 Å². The zero-order chi connectivity index (χ0) is 13.7. The molecule has 0 aliphatic rings. The van der Waals surface area contributed by atoms with Crippen molar-refractivity contribution < 1.29 is 18.3 Å². The lowest BCUT2D eigenvalue weighted by Gasteiger charge is -2.17. The number of carbonyl (C=O) groups excluding carboxylic acids is 1. The fraction of sp³-hybridized carbons (Fsp3) is 0.462. The molecular formula is C13H17F2NO2. The van der Waals surface area contributed by atoms with Gasteiger partial charge in [0.1, 0.15) is 17.7 Å². The Morgan fingerprint density at radius 3 is 2.56 bits per heavy atom. The first-order valence-corrected chi connectivity index (χ1v) is 5.88. The van der Waals surface area contributed by atoms with E-state index in [1.807, 2.05) is 0 Å². The van der Waals surface area contributed by atoms with E-state index in [1.165, 1.54) is 6.92 Å². The smallest absolute Gasteiger partial charge is 0.328 e. The van der Waals surface area contributed by atoms with Crippen molar-refractivity contribution in [2.75, 3.05) is 11.9 Å². The second kappa shape index (κ2) is 6.33. The highest BCUT2D eigenvalue weighted by atomic mass is 19.1. The van der Waals surface area contributed by atoms with E-state index in [2.05, 4.69) is 5.32 Å². The molecule has 0 spiro atoms. The van der Waals surface area contributed by atoms with Crippen LogP contribution in [0.4, 0.5) is 14.5 Å². The molecule has 0 bridgehead atoms. The van der Waals surface area contributed by atoms with Gasteiger partial charge in [-0.25, -0.2) is 13.6 Å². The van der Waals surface area contributed by atoms with E-state index in [9.17, 15) is 13.6 Å². The Balaban J connectivity index is 2.88. The number of halogens is 2. The summed E-state index contributed by atoms with van der Waals surface area (Å²) in [5.74, 6) is -1.57. The Bertz CT molecular complexity index is 435. The van der Waals surface area contributed by atoms with Crippen LogP contribution >= 0.6 is 0 Å². The Morgan fingerprint density at radius 1 is 1.33 bits per heavy atom. The van der Waals surface area contributed by atoms with Gasteiger partial charge >= 0.3 is 5.97 Å². The minimum atomic E-state index is -0.679. The second-order valence-corrected chi connectivity index (χ2v) is 3.94. The van der Waals surface area contributed by atoms with E-state index < -0.39 is 23.6 Å². The standard InChI is InChI=1S/C13H17F2NO2/c1-4-11(13(17)18-5-2)16-12-7-9(14)8(3)6-10(12)15/h6-7,11,16H,4-5H2,1-3H3. The number of carbonyl (C=O) groups is 1. The van der Waals surface area contributed by atoms with Gasteiger partial charge in [-0.1, -0.05) is 6.92 Å². The van der Waals surface area contributed by atoms with Crippen LogP contribution in [0.3, 0.4) is 0 Å². The van der Waals surface area contributed by atoms with Crippen LogP contribution in [0.1, 0.15) is 25.8 Å². The van der Waals surface area contributed by atoms with Gasteiger partial charge in [-0.05, 0) is 31.9 Å². The van der Waals surface area contributed by atoms with Crippen LogP contribution in [0.5, 0.6) is 0 Å². The molecule has 0 aliphatic heterocycles. The fourth-order valence-corrected chi connectivity index (χ4v) is 1.52. The zero-order valence-electron chi connectivity index (χ0n) is 10.7. The third-order valence-electron chi connectivity index (χ3n) is 2.56. The van der Waals surface area contributed by atoms with E-state index in [0.29, 0.717) is 6.42 Å². The summed E-state index contributed by atoms with van der Waals surface area (Å²) in [5, 5.41) is 2.66. The van der Waals surface area contributed by atoms with Crippen molar-refractivity contribution in [3.63, 3.8) is 0 Å². The number of benzene rings is 1. The van der Waals surface area contributed by atoms with Crippen molar-refractivity contribution in [2.24, 2.45) is 0 Å². The van der Waals surface area contributed by atoms with Gasteiger partial charge in [0, 0.05) is 6.07 Å². The number of anilines is 1. The molecule has 1 aromatic carbocycles. The second-order valence-electron chi connectivity index (χ2n) is 3.94. The van der Waals surface area contributed by atoms with E-state index >= 15 is 0 Å². The molecule has 100 valence electrons. The first kappa shape index (κ1) is 14.4. The molecule has 0 aromatic heterocycles. The first-order valence-electron chi connectivity index (χ1n) is 5.88. The van der Waals surface area contributed by atoms with Gasteiger partial charge in [0.05, 0.1) is 12.3 Å². The summed E-state index contributed by atoms with van der Waals surface area (Å²) in [4.78, 5) is 11.5. The topological polar surface area (TPSA) is 38.3 Å². The lowest BCUT2D eigenvalue weighted by molar-refractivity contribution is -0.144. The molecule has 1 aromatic rings. The Hall–Kier alpha value is -1.65. The van der Waals surface area contributed by atoms with Crippen LogP contribution < -0.4 is 5.32 Å². The summed E-state index contributed by atoms with van der Waals surface area (Å²) in [5.41, 5.74) is 0.195. The van der Waals surface area contributed by atoms with Crippen LogP contribution in [0.15, 0.2) is 12.1 Å². The molecule has 0 saturated heterocycles. The van der Waals surface area contributed by atoms with E-state index in [4.69, 9.17) is 4.74 Å². The first-order chi connectivity index (χ1) is 8.49. The zero-order valence-corrected chi connectivity index (χ0v) is 10.7. The van der Waals surface area contributed by atoms with Crippen molar-refractivity contribution in [3.05, 3.63) is 29.3 Å². The number of hydrogen-bond acceptors (Lipinski definition) is 3. The lowest BCUT2D eigenvalue weighted by Crippen LogP contribution is -2.31. The minimum Gasteiger partial charge on any atom is -0.464 e. The van der Waals surface area contributed by atoms with Crippen molar-refractivity contribution in [1.82, 2.24) is 0 Å². The monoisotopic (exact) mass is 257 g/mol. The molecule has 5 heteroatoms. The summed E-state index contributed by atoms with van der Waals surface area (Å²) >= 11 is 0. The van der Waals surface area contributed by atoms with Gasteiger partial charge in [-0.15, -0.1) is 0 Å². The summed E-state index contributed by atoms with van der Waals surface area (Å²) in [6.07, 6.45) is 0.424. The molecule has 1 atom stereocenters. The Kier molecular flexibility index (Phi) is 5.07. The average molecular weight is 257 g/mol. The van der Waals surface area contributed by atoms with Crippen molar-refractivity contribution in [2.45, 2.75) is 33.2 Å². The molecule has 0 saturated carbocycles. The van der Waals surface area contributed by atoms with Crippen molar-refractivity contribution in [1.29, 1.82) is 0 Å². The SMILES string of the molecule is CCOC(=O)C(CC)Nc1cc(F)c(C)cc1F. The summed E-state index contributed by atoms with van der Waals surface area (Å²) in [7, 11) is 0. The van der Waals surface area contributed by atoms with Crippen LogP contribution in [-0.2, 0) is 9.53 Å². The lowest BCUT2D eigenvalue weighted by atomic mass is 10.1. The molecule has 1 N–H and O–H groups in total. The molecular weight excluding hydrogens is 240 g/mol. The number of rotatable bonds is 5. The molecule has 1 rings (SSSR count). The van der Waals surface area contributed by atoms with Gasteiger partial charge in [-0.3, -0.25) is 0 Å². The highest BCUT2D eigenvalue weighted by molar-refractivity contribution is 5.79. The predicted octanol–water partition coefficient (Wildman–Crippen LogP) is 3.03. The van der Waals surface area contributed by atoms with Gasteiger partial charge < -0.3 is 10.1 Å². The third kappa shape index (κ3) is 3.42. The molecule has 18 heavy (non-hydrogen) atoms. The minimum absolute atomic E-state index is 0.0296. The Labute approximate surface area is 105 Å².